The van der Waals surface area contributed by atoms with Gasteiger partial charge in [-0.1, -0.05) is 0 Å². The van der Waals surface area contributed by atoms with E-state index in [0.717, 1.165) is 0 Å². The molecule has 8 nitrogen and oxygen atoms in total. The van der Waals surface area contributed by atoms with E-state index in [-0.39, 0.29) is 12.6 Å². The van der Waals surface area contributed by atoms with Gasteiger partial charge in [0.05, 0.1) is 11.9 Å². The second kappa shape index (κ2) is 8.16. The van der Waals surface area contributed by atoms with Crippen molar-refractivity contribution in [2.75, 3.05) is 37.9 Å². The van der Waals surface area contributed by atoms with E-state index in [1.807, 2.05) is 19.0 Å². The number of carbonyl (C=O) groups is 1. The van der Waals surface area contributed by atoms with E-state index in [4.69, 9.17) is 4.74 Å². The van der Waals surface area contributed by atoms with E-state index < -0.39 is 6.10 Å². The largest absolute Gasteiger partial charge is 0.491 e. The number of aromatic nitrogens is 2. The number of benzene rings is 1. The Morgan fingerprint density at radius 1 is 1.30 bits per heavy atom. The third kappa shape index (κ3) is 5.97. The number of carbonyl (C=O) groups excluding carboxylic acids is 1. The summed E-state index contributed by atoms with van der Waals surface area (Å²) in [4.78, 5) is 13.6. The minimum atomic E-state index is -0.552. The van der Waals surface area contributed by atoms with E-state index in [1.165, 1.54) is 6.20 Å². The number of aliphatic hydroxyl groups is 1. The minimum Gasteiger partial charge on any atom is -0.491 e. The van der Waals surface area contributed by atoms with E-state index in [9.17, 15) is 9.90 Å². The molecule has 4 N–H and O–H groups in total. The topological polar surface area (TPSA) is 103 Å². The predicted octanol–water partition coefficient (Wildman–Crippen LogP) is 1.35. The summed E-state index contributed by atoms with van der Waals surface area (Å²) < 4.78 is 5.50. The molecule has 0 saturated carbocycles. The molecule has 0 aliphatic heterocycles. The first-order valence-electron chi connectivity index (χ1n) is 7.15. The van der Waals surface area contributed by atoms with E-state index in [2.05, 4.69) is 20.8 Å². The summed E-state index contributed by atoms with van der Waals surface area (Å²) in [5.74, 6) is 0.628. The molecule has 8 heteroatoms. The summed E-state index contributed by atoms with van der Waals surface area (Å²) in [6.45, 7) is 0.750. The SMILES string of the molecule is CN(C)C[C@H](O)COc1ccc(NC(=O)Nc2cn[nH]c2)cc1. The van der Waals surface area contributed by atoms with Gasteiger partial charge in [0.15, 0.2) is 0 Å². The van der Waals surface area contributed by atoms with Gasteiger partial charge >= 0.3 is 6.03 Å². The zero-order valence-electron chi connectivity index (χ0n) is 13.1. The minimum absolute atomic E-state index is 0.214. The molecule has 2 rings (SSSR count). The number of urea groups is 1. The highest BCUT2D eigenvalue weighted by Crippen LogP contribution is 2.16. The van der Waals surface area contributed by atoms with Gasteiger partial charge in [0.25, 0.3) is 0 Å². The van der Waals surface area contributed by atoms with Crippen LogP contribution in [0.15, 0.2) is 36.7 Å². The van der Waals surface area contributed by atoms with Crippen LogP contribution in [0.4, 0.5) is 16.2 Å². The predicted molar refractivity (Wildman–Crippen MR) is 87.7 cm³/mol. The van der Waals surface area contributed by atoms with Crippen molar-refractivity contribution in [3.8, 4) is 5.75 Å². The Hall–Kier alpha value is -2.58. The Morgan fingerprint density at radius 3 is 2.61 bits per heavy atom. The maximum absolute atomic E-state index is 11.7. The van der Waals surface area contributed by atoms with Crippen molar-refractivity contribution in [2.24, 2.45) is 0 Å². The number of rotatable bonds is 7. The number of aromatic amines is 1. The molecule has 1 atom stereocenters. The summed E-state index contributed by atoms with van der Waals surface area (Å²) in [7, 11) is 3.77. The molecule has 23 heavy (non-hydrogen) atoms. The Morgan fingerprint density at radius 2 is 2.00 bits per heavy atom. The van der Waals surface area contributed by atoms with Crippen LogP contribution in [0.3, 0.4) is 0 Å². The highest BCUT2D eigenvalue weighted by molar-refractivity contribution is 5.99. The first-order chi connectivity index (χ1) is 11.0. The Balaban J connectivity index is 1.78. The number of nitrogens with one attached hydrogen (secondary N) is 3. The van der Waals surface area contributed by atoms with Gasteiger partial charge in [-0.05, 0) is 38.4 Å². The molecule has 2 amide bonds. The van der Waals surface area contributed by atoms with E-state index in [0.29, 0.717) is 23.7 Å². The van der Waals surface area contributed by atoms with Crippen molar-refractivity contribution in [3.63, 3.8) is 0 Å². The second-order valence-electron chi connectivity index (χ2n) is 5.32. The number of amides is 2. The number of hydrogen-bond donors (Lipinski definition) is 4. The maximum Gasteiger partial charge on any atom is 0.323 e. The van der Waals surface area contributed by atoms with Gasteiger partial charge < -0.3 is 25.4 Å². The van der Waals surface area contributed by atoms with Gasteiger partial charge in [-0.2, -0.15) is 5.10 Å². The highest BCUT2D eigenvalue weighted by atomic mass is 16.5. The molecule has 0 aliphatic rings. The molecule has 1 heterocycles. The van der Waals surface area contributed by atoms with Gasteiger partial charge in [-0.3, -0.25) is 5.10 Å². The Kier molecular flexibility index (Phi) is 5.95. The van der Waals surface area contributed by atoms with Crippen molar-refractivity contribution in [2.45, 2.75) is 6.10 Å². The summed E-state index contributed by atoms with van der Waals surface area (Å²) in [5, 5.41) is 21.4. The van der Waals surface area contributed by atoms with Gasteiger partial charge in [0, 0.05) is 18.4 Å². The average molecular weight is 319 g/mol. The van der Waals surface area contributed by atoms with Crippen LogP contribution in [0.2, 0.25) is 0 Å². The van der Waals surface area contributed by atoms with Crippen molar-refractivity contribution in [1.82, 2.24) is 15.1 Å². The van der Waals surface area contributed by atoms with Crippen LogP contribution in [0.5, 0.6) is 5.75 Å². The van der Waals surface area contributed by atoms with Crippen LogP contribution in [-0.2, 0) is 0 Å². The molecule has 0 fully saturated rings. The van der Waals surface area contributed by atoms with Gasteiger partial charge in [-0.25, -0.2) is 4.79 Å². The van der Waals surface area contributed by atoms with Crippen molar-refractivity contribution < 1.29 is 14.6 Å². The molecule has 1 aromatic heterocycles. The van der Waals surface area contributed by atoms with Crippen LogP contribution in [0.25, 0.3) is 0 Å². The zero-order valence-corrected chi connectivity index (χ0v) is 13.1. The molecule has 2 aromatic rings. The second-order valence-corrected chi connectivity index (χ2v) is 5.32. The van der Waals surface area contributed by atoms with Gasteiger partial charge in [-0.15, -0.1) is 0 Å². The number of anilines is 2. The molecule has 0 unspecified atom stereocenters. The maximum atomic E-state index is 11.7. The van der Waals surface area contributed by atoms with Crippen molar-refractivity contribution >= 4 is 17.4 Å². The molecule has 124 valence electrons. The fourth-order valence-corrected chi connectivity index (χ4v) is 1.91. The lowest BCUT2D eigenvalue weighted by molar-refractivity contribution is 0.0831. The fraction of sp³-hybridized carbons (Fsp3) is 0.333. The number of aliphatic hydroxyl groups excluding tert-OH is 1. The van der Waals surface area contributed by atoms with Crippen LogP contribution in [0, 0.1) is 0 Å². The monoisotopic (exact) mass is 319 g/mol. The van der Waals surface area contributed by atoms with Crippen LogP contribution >= 0.6 is 0 Å². The number of ether oxygens (including phenoxy) is 1. The van der Waals surface area contributed by atoms with Crippen LogP contribution in [-0.4, -0.2) is 59.6 Å². The fourth-order valence-electron chi connectivity index (χ4n) is 1.91. The van der Waals surface area contributed by atoms with Crippen molar-refractivity contribution in [1.29, 1.82) is 0 Å². The van der Waals surface area contributed by atoms with Crippen LogP contribution < -0.4 is 15.4 Å². The van der Waals surface area contributed by atoms with Crippen molar-refractivity contribution in [3.05, 3.63) is 36.7 Å². The van der Waals surface area contributed by atoms with Gasteiger partial charge in [0.2, 0.25) is 0 Å². The average Bonchev–Trinajstić information content (AvgIpc) is 2.98. The highest BCUT2D eigenvalue weighted by Gasteiger charge is 2.07. The standard InChI is InChI=1S/C15H21N5O3/c1-20(2)9-13(21)10-23-14-5-3-11(4-6-14)18-15(22)19-12-7-16-17-8-12/h3-8,13,21H,9-10H2,1-2H3,(H,16,17)(H2,18,19,22)/t13-/m0/s1. The zero-order chi connectivity index (χ0) is 16.7. The van der Waals surface area contributed by atoms with E-state index >= 15 is 0 Å². The van der Waals surface area contributed by atoms with Gasteiger partial charge in [0.1, 0.15) is 18.5 Å². The smallest absolute Gasteiger partial charge is 0.323 e. The quantitative estimate of drug-likeness (QED) is 0.617. The summed E-state index contributed by atoms with van der Waals surface area (Å²) >= 11 is 0. The normalized spacial score (nSPS) is 12.0. The third-order valence-corrected chi connectivity index (χ3v) is 2.89. The number of H-pyrrole nitrogens is 1. The lowest BCUT2D eigenvalue weighted by Gasteiger charge is -2.16. The molecule has 0 spiro atoms. The number of nitrogens with zero attached hydrogens (tertiary/aromatic N) is 2. The molecular weight excluding hydrogens is 298 g/mol. The molecule has 0 radical (unpaired) electrons. The van der Waals surface area contributed by atoms with Crippen LogP contribution in [0.1, 0.15) is 0 Å². The first kappa shape index (κ1) is 16.8. The summed E-state index contributed by atoms with van der Waals surface area (Å²) in [6, 6.07) is 6.55. The molecule has 0 aliphatic carbocycles. The first-order valence-corrected chi connectivity index (χ1v) is 7.15. The molecular formula is C15H21N5O3. The summed E-state index contributed by atoms with van der Waals surface area (Å²) in [5.41, 5.74) is 1.21. The lowest BCUT2D eigenvalue weighted by Crippen LogP contribution is -2.30. The van der Waals surface area contributed by atoms with E-state index in [1.54, 1.807) is 30.5 Å². The number of likely N-dealkylation sites (N-methyl/N-ethyl adjacent to an activating group) is 1. The molecule has 1 aromatic carbocycles. The Labute approximate surface area is 134 Å². The summed E-state index contributed by atoms with van der Waals surface area (Å²) in [6.07, 6.45) is 2.54. The lowest BCUT2D eigenvalue weighted by atomic mass is 10.3. The molecule has 0 saturated heterocycles. The Bertz CT molecular complexity index is 598. The third-order valence-electron chi connectivity index (χ3n) is 2.89. The number of hydrogen-bond acceptors (Lipinski definition) is 5. The molecule has 0 bridgehead atoms.